The van der Waals surface area contributed by atoms with Crippen LogP contribution >= 0.6 is 0 Å². The minimum Gasteiger partial charge on any atom is -0.356 e. The number of carbonyl (C=O) groups is 1. The Hall–Kier alpha value is -1.19. The molecule has 1 aromatic rings. The number of hydrogen-bond acceptors (Lipinski definition) is 3. The molecule has 0 spiro atoms. The van der Waals surface area contributed by atoms with Gasteiger partial charge in [-0.25, -0.2) is 0 Å². The fourth-order valence-electron chi connectivity index (χ4n) is 1.48. The summed E-state index contributed by atoms with van der Waals surface area (Å²) < 4.78 is 10.2. The number of rotatable bonds is 6. The van der Waals surface area contributed by atoms with Crippen LogP contribution in [0.3, 0.4) is 0 Å². The van der Waals surface area contributed by atoms with Crippen LogP contribution < -0.4 is 0 Å². The highest BCUT2D eigenvalue weighted by Crippen LogP contribution is 2.11. The summed E-state index contributed by atoms with van der Waals surface area (Å²) >= 11 is 0. The molecule has 0 fully saturated rings. The van der Waals surface area contributed by atoms with Gasteiger partial charge in [-0.3, -0.25) is 4.79 Å². The molecule has 82 valence electrons. The van der Waals surface area contributed by atoms with E-state index in [2.05, 4.69) is 0 Å². The lowest BCUT2D eigenvalue weighted by atomic mass is 10.0. The van der Waals surface area contributed by atoms with Crippen molar-refractivity contribution in [1.82, 2.24) is 0 Å². The van der Waals surface area contributed by atoms with Crippen LogP contribution in [0.1, 0.15) is 22.3 Å². The number of benzene rings is 1. The Kier molecular flexibility index (Phi) is 5.01. The largest absolute Gasteiger partial charge is 0.356 e. The van der Waals surface area contributed by atoms with Crippen LogP contribution in [0.5, 0.6) is 0 Å². The van der Waals surface area contributed by atoms with E-state index in [1.54, 1.807) is 14.2 Å². The summed E-state index contributed by atoms with van der Waals surface area (Å²) in [7, 11) is 3.22. The van der Waals surface area contributed by atoms with Crippen molar-refractivity contribution in [2.75, 3.05) is 14.2 Å². The van der Waals surface area contributed by atoms with Gasteiger partial charge in [-0.05, 0) is 12.0 Å². The van der Waals surface area contributed by atoms with E-state index in [4.69, 9.17) is 9.47 Å². The number of carbonyl (C=O) groups excluding carboxylic acids is 1. The van der Waals surface area contributed by atoms with Gasteiger partial charge in [-0.1, -0.05) is 24.3 Å². The molecule has 0 bridgehead atoms. The van der Waals surface area contributed by atoms with Gasteiger partial charge in [0.25, 0.3) is 0 Å². The number of aldehydes is 1. The minimum atomic E-state index is -0.204. The second-order valence-electron chi connectivity index (χ2n) is 3.26. The Bertz CT molecular complexity index is 305. The van der Waals surface area contributed by atoms with Gasteiger partial charge in [0.2, 0.25) is 0 Å². The minimum absolute atomic E-state index is 0.204. The van der Waals surface area contributed by atoms with E-state index in [9.17, 15) is 4.79 Å². The fourth-order valence-corrected chi connectivity index (χ4v) is 1.48. The summed E-state index contributed by atoms with van der Waals surface area (Å²) in [5.74, 6) is 0. The molecule has 0 saturated heterocycles. The lowest BCUT2D eigenvalue weighted by Gasteiger charge is -2.13. The lowest BCUT2D eigenvalue weighted by molar-refractivity contribution is -0.105. The molecule has 0 atom stereocenters. The molecule has 0 aliphatic carbocycles. The van der Waals surface area contributed by atoms with Gasteiger partial charge in [0.05, 0.1) is 0 Å². The Morgan fingerprint density at radius 3 is 2.53 bits per heavy atom. The van der Waals surface area contributed by atoms with Crippen molar-refractivity contribution in [2.24, 2.45) is 0 Å². The molecule has 0 saturated carbocycles. The summed E-state index contributed by atoms with van der Waals surface area (Å²) in [5.41, 5.74) is 1.77. The Morgan fingerprint density at radius 1 is 1.27 bits per heavy atom. The standard InChI is InChI=1S/C12H16O3/c1-14-12(15-2)8-7-10-5-3-4-6-11(10)9-13/h3-6,9,12H,7-8H2,1-2H3. The molecular weight excluding hydrogens is 192 g/mol. The van der Waals surface area contributed by atoms with Crippen molar-refractivity contribution in [1.29, 1.82) is 0 Å². The molecule has 0 amide bonds. The van der Waals surface area contributed by atoms with E-state index in [1.807, 2.05) is 24.3 Å². The van der Waals surface area contributed by atoms with Crippen LogP contribution in [0.4, 0.5) is 0 Å². The first kappa shape index (κ1) is 11.9. The van der Waals surface area contributed by atoms with Crippen molar-refractivity contribution in [3.8, 4) is 0 Å². The molecule has 0 aliphatic rings. The maximum atomic E-state index is 10.7. The summed E-state index contributed by atoms with van der Waals surface area (Å²) in [5, 5.41) is 0. The third kappa shape index (κ3) is 3.46. The van der Waals surface area contributed by atoms with Gasteiger partial charge in [-0.2, -0.15) is 0 Å². The third-order valence-corrected chi connectivity index (χ3v) is 2.36. The Morgan fingerprint density at radius 2 is 1.93 bits per heavy atom. The van der Waals surface area contributed by atoms with Gasteiger partial charge in [0.15, 0.2) is 6.29 Å². The molecule has 0 aliphatic heterocycles. The second kappa shape index (κ2) is 6.32. The molecule has 0 N–H and O–H groups in total. The first-order valence-electron chi connectivity index (χ1n) is 4.90. The third-order valence-electron chi connectivity index (χ3n) is 2.36. The monoisotopic (exact) mass is 208 g/mol. The van der Waals surface area contributed by atoms with Gasteiger partial charge in [-0.15, -0.1) is 0 Å². The van der Waals surface area contributed by atoms with E-state index >= 15 is 0 Å². The predicted octanol–water partition coefficient (Wildman–Crippen LogP) is 2.05. The molecule has 0 heterocycles. The average Bonchev–Trinajstić information content (AvgIpc) is 2.31. The molecule has 1 rings (SSSR count). The first-order chi connectivity index (χ1) is 7.31. The van der Waals surface area contributed by atoms with Crippen LogP contribution in [0.2, 0.25) is 0 Å². The van der Waals surface area contributed by atoms with Gasteiger partial charge < -0.3 is 9.47 Å². The topological polar surface area (TPSA) is 35.5 Å². The normalized spacial score (nSPS) is 10.6. The number of hydrogen-bond donors (Lipinski definition) is 0. The molecule has 3 heteroatoms. The highest BCUT2D eigenvalue weighted by atomic mass is 16.7. The zero-order valence-electron chi connectivity index (χ0n) is 9.10. The summed E-state index contributed by atoms with van der Waals surface area (Å²) in [6.07, 6.45) is 2.20. The van der Waals surface area contributed by atoms with E-state index < -0.39 is 0 Å². The molecule has 15 heavy (non-hydrogen) atoms. The van der Waals surface area contributed by atoms with E-state index in [1.165, 1.54) is 0 Å². The molecule has 0 radical (unpaired) electrons. The molecule has 0 aromatic heterocycles. The van der Waals surface area contributed by atoms with E-state index in [0.717, 1.165) is 30.3 Å². The molecular formula is C12H16O3. The molecule has 3 nitrogen and oxygen atoms in total. The fraction of sp³-hybridized carbons (Fsp3) is 0.417. The van der Waals surface area contributed by atoms with Crippen LogP contribution in [0, 0.1) is 0 Å². The van der Waals surface area contributed by atoms with Crippen LogP contribution in [-0.2, 0) is 15.9 Å². The Balaban J connectivity index is 2.60. The second-order valence-corrected chi connectivity index (χ2v) is 3.26. The number of aryl methyl sites for hydroxylation is 1. The molecule has 0 unspecified atom stereocenters. The number of methoxy groups -OCH3 is 2. The average molecular weight is 208 g/mol. The Labute approximate surface area is 90.0 Å². The lowest BCUT2D eigenvalue weighted by Crippen LogP contribution is -2.14. The van der Waals surface area contributed by atoms with Crippen molar-refractivity contribution < 1.29 is 14.3 Å². The maximum absolute atomic E-state index is 10.7. The molecule has 1 aromatic carbocycles. The smallest absolute Gasteiger partial charge is 0.157 e. The van der Waals surface area contributed by atoms with E-state index in [0.29, 0.717) is 0 Å². The van der Waals surface area contributed by atoms with Crippen LogP contribution in [0.15, 0.2) is 24.3 Å². The summed E-state index contributed by atoms with van der Waals surface area (Å²) in [6, 6.07) is 7.55. The van der Waals surface area contributed by atoms with Crippen molar-refractivity contribution >= 4 is 6.29 Å². The van der Waals surface area contributed by atoms with Crippen molar-refractivity contribution in [3.05, 3.63) is 35.4 Å². The van der Waals surface area contributed by atoms with E-state index in [-0.39, 0.29) is 6.29 Å². The van der Waals surface area contributed by atoms with Gasteiger partial charge in [0.1, 0.15) is 6.29 Å². The van der Waals surface area contributed by atoms with Crippen molar-refractivity contribution in [2.45, 2.75) is 19.1 Å². The maximum Gasteiger partial charge on any atom is 0.157 e. The summed E-state index contributed by atoms with van der Waals surface area (Å²) in [4.78, 5) is 10.7. The van der Waals surface area contributed by atoms with Crippen molar-refractivity contribution in [3.63, 3.8) is 0 Å². The van der Waals surface area contributed by atoms with Gasteiger partial charge >= 0.3 is 0 Å². The zero-order chi connectivity index (χ0) is 11.1. The van der Waals surface area contributed by atoms with Gasteiger partial charge in [0, 0.05) is 26.2 Å². The SMILES string of the molecule is COC(CCc1ccccc1C=O)OC. The highest BCUT2D eigenvalue weighted by Gasteiger charge is 2.07. The number of ether oxygens (including phenoxy) is 2. The predicted molar refractivity (Wildman–Crippen MR) is 58.0 cm³/mol. The zero-order valence-corrected chi connectivity index (χ0v) is 9.10. The quantitative estimate of drug-likeness (QED) is 0.530. The van der Waals surface area contributed by atoms with Crippen LogP contribution in [0.25, 0.3) is 0 Å². The first-order valence-corrected chi connectivity index (χ1v) is 4.90. The highest BCUT2D eigenvalue weighted by molar-refractivity contribution is 5.77. The van der Waals surface area contributed by atoms with Crippen LogP contribution in [-0.4, -0.2) is 26.8 Å². The summed E-state index contributed by atoms with van der Waals surface area (Å²) in [6.45, 7) is 0.